The van der Waals surface area contributed by atoms with Crippen molar-refractivity contribution in [1.82, 2.24) is 5.48 Å². The van der Waals surface area contributed by atoms with Crippen LogP contribution in [0.3, 0.4) is 0 Å². The van der Waals surface area contributed by atoms with Crippen LogP contribution in [-0.4, -0.2) is 44.1 Å². The Morgan fingerprint density at radius 3 is 2.42 bits per heavy atom. The third kappa shape index (κ3) is 4.36. The summed E-state index contributed by atoms with van der Waals surface area (Å²) in [4.78, 5) is 12.2. The van der Waals surface area contributed by atoms with Crippen molar-refractivity contribution in [3.05, 3.63) is 24.3 Å². The monoisotopic (exact) mass is 385 g/mol. The number of benzene rings is 1. The van der Waals surface area contributed by atoms with Gasteiger partial charge in [-0.15, -0.1) is 0 Å². The molecule has 0 bridgehead atoms. The zero-order valence-electron chi connectivity index (χ0n) is 15.1. The molecule has 0 spiro atoms. The largest absolute Gasteiger partial charge is 0.494 e. The molecule has 1 aliphatic heterocycles. The number of hydroxylamine groups is 1. The van der Waals surface area contributed by atoms with Gasteiger partial charge >= 0.3 is 0 Å². The summed E-state index contributed by atoms with van der Waals surface area (Å²) in [5.41, 5.74) is 1.51. The molecule has 0 saturated carbocycles. The third-order valence-electron chi connectivity index (χ3n) is 4.73. The number of hydrogen-bond acceptors (Lipinski definition) is 6. The zero-order chi connectivity index (χ0) is 19.0. The molecule has 0 unspecified atom stereocenters. The lowest BCUT2D eigenvalue weighted by molar-refractivity contribution is -0.134. The molecular formula is C18H27NO6S. The van der Waals surface area contributed by atoms with Crippen LogP contribution in [0, 0.1) is 0 Å². The fourth-order valence-electron chi connectivity index (χ4n) is 3.08. The molecule has 2 N–H and O–H groups in total. The van der Waals surface area contributed by atoms with Crippen LogP contribution >= 0.6 is 0 Å². The lowest BCUT2D eigenvalue weighted by atomic mass is 9.98. The second kappa shape index (κ2) is 9.34. The van der Waals surface area contributed by atoms with Crippen LogP contribution in [0.1, 0.15) is 45.4 Å². The number of ether oxygens (including phenoxy) is 2. The standard InChI is InChI=1S/C18H27NO6S/c1-2-3-4-5-12-25-15-6-8-16(9-7-15)26(22,23)18(17(20)19-21)10-13-24-14-11-18/h6-9,21H,2-5,10-14H2,1H3,(H,19,20). The van der Waals surface area contributed by atoms with Crippen molar-refractivity contribution in [2.24, 2.45) is 0 Å². The maximum atomic E-state index is 13.1. The van der Waals surface area contributed by atoms with Crippen LogP contribution in [0.25, 0.3) is 0 Å². The molecule has 26 heavy (non-hydrogen) atoms. The summed E-state index contributed by atoms with van der Waals surface area (Å²) in [5.74, 6) is -0.329. The summed E-state index contributed by atoms with van der Waals surface area (Å²) in [6.07, 6.45) is 4.37. The van der Waals surface area contributed by atoms with Crippen molar-refractivity contribution in [3.63, 3.8) is 0 Å². The highest BCUT2D eigenvalue weighted by Gasteiger charge is 2.52. The minimum absolute atomic E-state index is 0.00257. The lowest BCUT2D eigenvalue weighted by Gasteiger charge is -2.34. The second-order valence-corrected chi connectivity index (χ2v) is 8.69. The Hall–Kier alpha value is -1.64. The Bertz CT molecular complexity index is 680. The van der Waals surface area contributed by atoms with Gasteiger partial charge in [0.25, 0.3) is 5.91 Å². The molecule has 1 aromatic rings. The fourth-order valence-corrected chi connectivity index (χ4v) is 5.02. The van der Waals surface area contributed by atoms with Crippen molar-refractivity contribution >= 4 is 15.7 Å². The van der Waals surface area contributed by atoms with Crippen molar-refractivity contribution in [1.29, 1.82) is 0 Å². The molecule has 1 saturated heterocycles. The van der Waals surface area contributed by atoms with E-state index in [-0.39, 0.29) is 31.0 Å². The highest BCUT2D eigenvalue weighted by atomic mass is 32.2. The summed E-state index contributed by atoms with van der Waals surface area (Å²) in [6.45, 7) is 3.01. The van der Waals surface area contributed by atoms with E-state index in [0.717, 1.165) is 19.3 Å². The number of carbonyl (C=O) groups is 1. The number of nitrogens with one attached hydrogen (secondary N) is 1. The average Bonchev–Trinajstić information content (AvgIpc) is 2.68. The minimum Gasteiger partial charge on any atom is -0.494 e. The van der Waals surface area contributed by atoms with Crippen LogP contribution in [0.5, 0.6) is 5.75 Å². The van der Waals surface area contributed by atoms with Gasteiger partial charge in [0.2, 0.25) is 0 Å². The van der Waals surface area contributed by atoms with Crippen LogP contribution in [0.4, 0.5) is 0 Å². The molecule has 1 fully saturated rings. The van der Waals surface area contributed by atoms with E-state index in [4.69, 9.17) is 14.7 Å². The molecule has 2 rings (SSSR count). The molecule has 1 aliphatic rings. The molecule has 0 radical (unpaired) electrons. The highest BCUT2D eigenvalue weighted by molar-refractivity contribution is 7.93. The summed E-state index contributed by atoms with van der Waals surface area (Å²) >= 11 is 0. The van der Waals surface area contributed by atoms with Crippen LogP contribution in [0.15, 0.2) is 29.2 Å². The molecule has 0 aliphatic carbocycles. The van der Waals surface area contributed by atoms with Gasteiger partial charge in [-0.05, 0) is 43.5 Å². The molecule has 0 atom stereocenters. The number of rotatable bonds is 9. The second-order valence-electron chi connectivity index (χ2n) is 6.43. The molecule has 146 valence electrons. The molecule has 1 amide bonds. The van der Waals surface area contributed by atoms with Crippen LogP contribution < -0.4 is 10.2 Å². The van der Waals surface area contributed by atoms with E-state index in [1.54, 1.807) is 12.1 Å². The van der Waals surface area contributed by atoms with Gasteiger partial charge in [0.15, 0.2) is 14.6 Å². The smallest absolute Gasteiger partial charge is 0.265 e. The minimum atomic E-state index is -3.99. The Morgan fingerprint density at radius 2 is 1.85 bits per heavy atom. The summed E-state index contributed by atoms with van der Waals surface area (Å²) < 4.78 is 35.3. The van der Waals surface area contributed by atoms with Crippen molar-refractivity contribution in [3.8, 4) is 5.75 Å². The third-order valence-corrected chi connectivity index (χ3v) is 7.25. The van der Waals surface area contributed by atoms with Crippen molar-refractivity contribution in [2.75, 3.05) is 19.8 Å². The molecule has 1 heterocycles. The number of hydrogen-bond donors (Lipinski definition) is 2. The van der Waals surface area contributed by atoms with Gasteiger partial charge in [0.1, 0.15) is 5.75 Å². The molecule has 0 aromatic heterocycles. The number of carbonyl (C=O) groups excluding carboxylic acids is 1. The van der Waals surface area contributed by atoms with Crippen molar-refractivity contribution in [2.45, 2.75) is 55.1 Å². The average molecular weight is 385 g/mol. The predicted octanol–water partition coefficient (Wildman–Crippen LogP) is 2.47. The Morgan fingerprint density at radius 1 is 1.19 bits per heavy atom. The molecule has 1 aromatic carbocycles. The summed E-state index contributed by atoms with van der Waals surface area (Å²) in [7, 11) is -3.99. The first-order valence-corrected chi connectivity index (χ1v) is 10.5. The van der Waals surface area contributed by atoms with E-state index in [9.17, 15) is 13.2 Å². The van der Waals surface area contributed by atoms with Crippen LogP contribution in [0.2, 0.25) is 0 Å². The molecule has 7 nitrogen and oxygen atoms in total. The predicted molar refractivity (Wildman–Crippen MR) is 96.0 cm³/mol. The van der Waals surface area contributed by atoms with E-state index in [2.05, 4.69) is 6.92 Å². The quantitative estimate of drug-likeness (QED) is 0.385. The molecule has 8 heteroatoms. The fraction of sp³-hybridized carbons (Fsp3) is 0.611. The normalized spacial score (nSPS) is 16.8. The van der Waals surface area contributed by atoms with E-state index < -0.39 is 20.5 Å². The Labute approximate surface area is 154 Å². The first kappa shape index (κ1) is 20.7. The van der Waals surface area contributed by atoms with Gasteiger partial charge in [-0.3, -0.25) is 10.0 Å². The van der Waals surface area contributed by atoms with E-state index in [1.807, 2.05) is 0 Å². The SMILES string of the molecule is CCCCCCOc1ccc(S(=O)(=O)C2(C(=O)NO)CCOCC2)cc1. The van der Waals surface area contributed by atoms with Gasteiger partial charge in [0.05, 0.1) is 11.5 Å². The van der Waals surface area contributed by atoms with E-state index in [0.29, 0.717) is 12.4 Å². The van der Waals surface area contributed by atoms with Gasteiger partial charge in [-0.2, -0.15) is 0 Å². The van der Waals surface area contributed by atoms with Gasteiger partial charge in [-0.25, -0.2) is 13.9 Å². The van der Waals surface area contributed by atoms with Crippen molar-refractivity contribution < 1.29 is 27.9 Å². The zero-order valence-corrected chi connectivity index (χ0v) is 15.9. The Kier molecular flexibility index (Phi) is 7.43. The summed E-state index contributed by atoms with van der Waals surface area (Å²) in [5, 5.41) is 9.04. The van der Waals surface area contributed by atoms with E-state index >= 15 is 0 Å². The van der Waals surface area contributed by atoms with Gasteiger partial charge in [0, 0.05) is 13.2 Å². The number of unbranched alkanes of at least 4 members (excludes halogenated alkanes) is 3. The van der Waals surface area contributed by atoms with Gasteiger partial charge < -0.3 is 9.47 Å². The number of amides is 1. The van der Waals surface area contributed by atoms with E-state index in [1.165, 1.54) is 24.0 Å². The Balaban J connectivity index is 2.13. The summed E-state index contributed by atoms with van der Waals surface area (Å²) in [6, 6.07) is 6.07. The maximum Gasteiger partial charge on any atom is 0.265 e. The topological polar surface area (TPSA) is 102 Å². The first-order valence-electron chi connectivity index (χ1n) is 8.98. The first-order chi connectivity index (χ1) is 12.5. The maximum absolute atomic E-state index is 13.1. The lowest BCUT2D eigenvalue weighted by Crippen LogP contribution is -2.54. The molecular weight excluding hydrogens is 358 g/mol. The highest BCUT2D eigenvalue weighted by Crippen LogP contribution is 2.35. The van der Waals surface area contributed by atoms with Crippen LogP contribution in [-0.2, 0) is 19.4 Å². The van der Waals surface area contributed by atoms with Gasteiger partial charge in [-0.1, -0.05) is 26.2 Å². The number of sulfone groups is 1.